The molecule has 0 aromatic heterocycles. The van der Waals surface area contributed by atoms with E-state index in [1.165, 1.54) is 77.3 Å². The van der Waals surface area contributed by atoms with Crippen LogP contribution in [0.2, 0.25) is 0 Å². The first-order valence-corrected chi connectivity index (χ1v) is 8.63. The molecule has 0 fully saturated rings. The highest BCUT2D eigenvalue weighted by atomic mass is 127. The van der Waals surface area contributed by atoms with Crippen LogP contribution < -0.4 is 24.0 Å². The van der Waals surface area contributed by atoms with Gasteiger partial charge in [-0.1, -0.05) is 52.4 Å². The van der Waals surface area contributed by atoms with Gasteiger partial charge in [0.05, 0.1) is 26.7 Å². The minimum atomic E-state index is 0. The number of aliphatic hydroxyl groups excluding tert-OH is 1. The Bertz CT molecular complexity index is 174. The number of aliphatic hydroxyl groups is 1. The van der Waals surface area contributed by atoms with Crippen LogP contribution in [-0.4, -0.2) is 42.9 Å². The third-order valence-electron chi connectivity index (χ3n) is 4.24. The molecule has 0 amide bonds. The zero-order chi connectivity index (χ0) is 14.4. The summed E-state index contributed by atoms with van der Waals surface area (Å²) in [5.41, 5.74) is 0. The molecule has 124 valence electrons. The van der Waals surface area contributed by atoms with E-state index in [-0.39, 0.29) is 24.0 Å². The molecular weight excluding hydrogens is 361 g/mol. The van der Waals surface area contributed by atoms with Crippen molar-refractivity contribution in [3.05, 3.63) is 0 Å². The molecule has 0 unspecified atom stereocenters. The molecule has 0 saturated heterocycles. The number of hydrogen-bond acceptors (Lipinski definition) is 1. The fraction of sp³-hybridized carbons (Fsp3) is 1.00. The van der Waals surface area contributed by atoms with Crippen LogP contribution in [0.5, 0.6) is 0 Å². The number of quaternary nitrogens is 1. The standard InChI is InChI=1S/C17H38NO.HI/c1-4-6-8-10-12-14-18(3,16-17-19)15-13-11-9-7-5-2;/h19H,4-17H2,1-3H3;1H/q+1;/p-1. The van der Waals surface area contributed by atoms with Gasteiger partial charge in [0.1, 0.15) is 6.54 Å². The van der Waals surface area contributed by atoms with Crippen molar-refractivity contribution in [2.45, 2.75) is 78.1 Å². The third-order valence-corrected chi connectivity index (χ3v) is 4.24. The highest BCUT2D eigenvalue weighted by Gasteiger charge is 2.19. The van der Waals surface area contributed by atoms with E-state index in [4.69, 9.17) is 0 Å². The summed E-state index contributed by atoms with van der Waals surface area (Å²) in [7, 11) is 2.33. The van der Waals surface area contributed by atoms with Crippen LogP contribution in [0.4, 0.5) is 0 Å². The number of halogens is 1. The molecule has 0 aliphatic heterocycles. The van der Waals surface area contributed by atoms with Crippen LogP contribution in [0, 0.1) is 0 Å². The minimum Gasteiger partial charge on any atom is -1.00 e. The van der Waals surface area contributed by atoms with Crippen molar-refractivity contribution in [3.63, 3.8) is 0 Å². The zero-order valence-corrected chi connectivity index (χ0v) is 16.3. The Morgan fingerprint density at radius 1 is 0.650 bits per heavy atom. The molecular formula is C17H38INO. The van der Waals surface area contributed by atoms with E-state index in [1.54, 1.807) is 0 Å². The van der Waals surface area contributed by atoms with E-state index in [2.05, 4.69) is 20.9 Å². The van der Waals surface area contributed by atoms with Gasteiger partial charge in [0.25, 0.3) is 0 Å². The summed E-state index contributed by atoms with van der Waals surface area (Å²) in [5, 5.41) is 9.27. The summed E-state index contributed by atoms with van der Waals surface area (Å²) < 4.78 is 1.08. The van der Waals surface area contributed by atoms with Gasteiger partial charge < -0.3 is 33.6 Å². The average molecular weight is 399 g/mol. The Kier molecular flexibility index (Phi) is 18.4. The first kappa shape index (κ1) is 22.9. The number of unbranched alkanes of at least 4 members (excludes halogenated alkanes) is 8. The van der Waals surface area contributed by atoms with Crippen LogP contribution in [0.1, 0.15) is 78.1 Å². The lowest BCUT2D eigenvalue weighted by molar-refractivity contribution is -0.910. The average Bonchev–Trinajstić information content (AvgIpc) is 2.39. The van der Waals surface area contributed by atoms with Crippen molar-refractivity contribution in [3.8, 4) is 0 Å². The number of rotatable bonds is 14. The SMILES string of the molecule is CCCCCCC[N+](C)(CCO)CCCCCCC.[I-]. The van der Waals surface area contributed by atoms with E-state index in [0.29, 0.717) is 6.61 Å². The maximum absolute atomic E-state index is 9.27. The van der Waals surface area contributed by atoms with E-state index in [0.717, 1.165) is 11.0 Å². The van der Waals surface area contributed by atoms with Crippen molar-refractivity contribution in [2.75, 3.05) is 33.3 Å². The Morgan fingerprint density at radius 2 is 1.05 bits per heavy atom. The van der Waals surface area contributed by atoms with E-state index >= 15 is 0 Å². The highest BCUT2D eigenvalue weighted by molar-refractivity contribution is 4.48. The Balaban J connectivity index is 0. The highest BCUT2D eigenvalue weighted by Crippen LogP contribution is 2.12. The topological polar surface area (TPSA) is 20.2 Å². The van der Waals surface area contributed by atoms with Crippen LogP contribution >= 0.6 is 0 Å². The molecule has 0 rings (SSSR count). The second-order valence-corrected chi connectivity index (χ2v) is 6.34. The summed E-state index contributed by atoms with van der Waals surface area (Å²) in [6, 6.07) is 0. The molecule has 0 bridgehead atoms. The van der Waals surface area contributed by atoms with Gasteiger partial charge in [-0.25, -0.2) is 0 Å². The van der Waals surface area contributed by atoms with Gasteiger partial charge in [0, 0.05) is 0 Å². The Morgan fingerprint density at radius 3 is 1.40 bits per heavy atom. The normalized spacial score (nSPS) is 11.4. The van der Waals surface area contributed by atoms with E-state index < -0.39 is 0 Å². The molecule has 2 nitrogen and oxygen atoms in total. The number of nitrogens with zero attached hydrogens (tertiary/aromatic N) is 1. The van der Waals surface area contributed by atoms with Gasteiger partial charge in [-0.05, 0) is 25.7 Å². The molecule has 0 aromatic rings. The molecule has 1 N–H and O–H groups in total. The third kappa shape index (κ3) is 13.6. The predicted octanol–water partition coefficient (Wildman–Crippen LogP) is 1.37. The van der Waals surface area contributed by atoms with Gasteiger partial charge >= 0.3 is 0 Å². The van der Waals surface area contributed by atoms with Crippen molar-refractivity contribution in [2.24, 2.45) is 0 Å². The largest absolute Gasteiger partial charge is 1.00 e. The second kappa shape index (κ2) is 16.0. The molecule has 3 heteroatoms. The lowest BCUT2D eigenvalue weighted by Gasteiger charge is -2.34. The molecule has 0 spiro atoms. The van der Waals surface area contributed by atoms with E-state index in [1.807, 2.05) is 0 Å². The van der Waals surface area contributed by atoms with Crippen molar-refractivity contribution < 1.29 is 33.6 Å². The summed E-state index contributed by atoms with van der Waals surface area (Å²) in [5.74, 6) is 0. The molecule has 0 saturated carbocycles. The molecule has 0 atom stereocenters. The lowest BCUT2D eigenvalue weighted by Crippen LogP contribution is -3.00. The minimum absolute atomic E-state index is 0. The zero-order valence-electron chi connectivity index (χ0n) is 14.2. The lowest BCUT2D eigenvalue weighted by atomic mass is 10.1. The summed E-state index contributed by atoms with van der Waals surface area (Å²) >= 11 is 0. The van der Waals surface area contributed by atoms with Crippen molar-refractivity contribution in [1.29, 1.82) is 0 Å². The van der Waals surface area contributed by atoms with Gasteiger partial charge in [-0.3, -0.25) is 0 Å². The smallest absolute Gasteiger partial charge is 0.102 e. The Hall–Kier alpha value is 0.650. The van der Waals surface area contributed by atoms with Gasteiger partial charge in [0.2, 0.25) is 0 Å². The summed E-state index contributed by atoms with van der Waals surface area (Å²) in [4.78, 5) is 0. The molecule has 0 aliphatic rings. The fourth-order valence-electron chi connectivity index (χ4n) is 2.77. The molecule has 0 heterocycles. The van der Waals surface area contributed by atoms with Gasteiger partial charge in [0.15, 0.2) is 0 Å². The quantitative estimate of drug-likeness (QED) is 0.266. The monoisotopic (exact) mass is 399 g/mol. The number of hydrogen-bond donors (Lipinski definition) is 1. The number of likely N-dealkylation sites (N-methyl/N-ethyl adjacent to an activating group) is 1. The fourth-order valence-corrected chi connectivity index (χ4v) is 2.77. The van der Waals surface area contributed by atoms with E-state index in [9.17, 15) is 5.11 Å². The van der Waals surface area contributed by atoms with Gasteiger partial charge in [-0.2, -0.15) is 0 Å². The molecule has 20 heavy (non-hydrogen) atoms. The van der Waals surface area contributed by atoms with Crippen LogP contribution in [0.3, 0.4) is 0 Å². The van der Waals surface area contributed by atoms with Crippen LogP contribution in [0.15, 0.2) is 0 Å². The maximum Gasteiger partial charge on any atom is 0.102 e. The second-order valence-electron chi connectivity index (χ2n) is 6.34. The summed E-state index contributed by atoms with van der Waals surface area (Å²) in [6.07, 6.45) is 13.5. The van der Waals surface area contributed by atoms with Crippen molar-refractivity contribution in [1.82, 2.24) is 0 Å². The van der Waals surface area contributed by atoms with Gasteiger partial charge in [-0.15, -0.1) is 0 Å². The van der Waals surface area contributed by atoms with Crippen molar-refractivity contribution >= 4 is 0 Å². The Labute approximate surface area is 144 Å². The molecule has 0 aliphatic carbocycles. The molecule has 0 radical (unpaired) electrons. The van der Waals surface area contributed by atoms with Crippen LogP contribution in [-0.2, 0) is 0 Å². The maximum atomic E-state index is 9.27. The predicted molar refractivity (Wildman–Crippen MR) is 85.4 cm³/mol. The first-order chi connectivity index (χ1) is 9.18. The first-order valence-electron chi connectivity index (χ1n) is 8.63. The van der Waals surface area contributed by atoms with Crippen LogP contribution in [0.25, 0.3) is 0 Å². The molecule has 0 aromatic carbocycles. The summed E-state index contributed by atoms with van der Waals surface area (Å²) in [6.45, 7) is 8.29.